The Morgan fingerprint density at radius 1 is 1.41 bits per heavy atom. The number of pyridine rings is 1. The number of aromatic nitrogens is 1. The van der Waals surface area contributed by atoms with Crippen molar-refractivity contribution in [3.63, 3.8) is 0 Å². The van der Waals surface area contributed by atoms with E-state index in [0.29, 0.717) is 44.6 Å². The number of likely N-dealkylation sites (tertiary alicyclic amines) is 1. The lowest BCUT2D eigenvalue weighted by molar-refractivity contribution is -0.146. The molecule has 12 heteroatoms. The maximum atomic E-state index is 12.6. The van der Waals surface area contributed by atoms with Crippen molar-refractivity contribution < 1.29 is 27.4 Å². The first-order valence-electron chi connectivity index (χ1n) is 8.65. The maximum absolute atomic E-state index is 12.6. The average Bonchev–Trinajstić information content (AvgIpc) is 2.68. The number of ether oxygens (including phenoxy) is 2. The van der Waals surface area contributed by atoms with Gasteiger partial charge in [-0.05, 0) is 18.9 Å². The molecule has 0 atom stereocenters. The number of nitrogens with zero attached hydrogens (tertiary/aromatic N) is 3. The Labute approximate surface area is 189 Å². The Morgan fingerprint density at radius 2 is 2.07 bits per heavy atom. The summed E-state index contributed by atoms with van der Waals surface area (Å²) in [6.45, 7) is 1.80. The third-order valence-electron chi connectivity index (χ3n) is 4.30. The van der Waals surface area contributed by atoms with Gasteiger partial charge in [0.05, 0.1) is 25.1 Å². The van der Waals surface area contributed by atoms with Crippen LogP contribution in [0.15, 0.2) is 17.3 Å². The van der Waals surface area contributed by atoms with E-state index in [2.05, 4.69) is 15.3 Å². The standard InChI is InChI=1S/C17H22ClF3N4O3.HI/c1-22-16(25-6-3-11(4-7-25)15(26)27-2)23-5-8-28-14-13(18)9-12(10-24-14)17(19,20)21;/h9-11H,3-8H2,1-2H3,(H,22,23);1H. The number of rotatable bonds is 5. The van der Waals surface area contributed by atoms with Gasteiger partial charge in [0, 0.05) is 26.3 Å². The Bertz CT molecular complexity index is 714. The molecule has 7 nitrogen and oxygen atoms in total. The molecule has 1 aromatic heterocycles. The van der Waals surface area contributed by atoms with Crippen molar-refractivity contribution in [3.8, 4) is 5.88 Å². The zero-order valence-electron chi connectivity index (χ0n) is 16.0. The normalized spacial score (nSPS) is 15.5. The lowest BCUT2D eigenvalue weighted by Gasteiger charge is -2.33. The Morgan fingerprint density at radius 3 is 2.59 bits per heavy atom. The van der Waals surface area contributed by atoms with Gasteiger partial charge in [-0.15, -0.1) is 24.0 Å². The van der Waals surface area contributed by atoms with Gasteiger partial charge in [0.2, 0.25) is 5.88 Å². The molecule has 2 rings (SSSR count). The predicted octanol–water partition coefficient (Wildman–Crippen LogP) is 3.21. The van der Waals surface area contributed by atoms with Crippen LogP contribution in [0.25, 0.3) is 0 Å². The van der Waals surface area contributed by atoms with Gasteiger partial charge in [0.15, 0.2) is 5.96 Å². The largest absolute Gasteiger partial charge is 0.475 e. The van der Waals surface area contributed by atoms with Crippen LogP contribution in [-0.2, 0) is 15.7 Å². The number of esters is 1. The Kier molecular flexibility index (Phi) is 10.2. The molecular formula is C17H23ClF3IN4O3. The van der Waals surface area contributed by atoms with E-state index in [1.807, 2.05) is 4.90 Å². The number of hydrogen-bond acceptors (Lipinski definition) is 5. The maximum Gasteiger partial charge on any atom is 0.417 e. The van der Waals surface area contributed by atoms with Crippen molar-refractivity contribution in [2.75, 3.05) is 40.4 Å². The summed E-state index contributed by atoms with van der Waals surface area (Å²) >= 11 is 5.80. The number of hydrogen-bond donors (Lipinski definition) is 1. The minimum Gasteiger partial charge on any atom is -0.475 e. The van der Waals surface area contributed by atoms with E-state index in [9.17, 15) is 18.0 Å². The van der Waals surface area contributed by atoms with Gasteiger partial charge in [-0.1, -0.05) is 11.6 Å². The third-order valence-corrected chi connectivity index (χ3v) is 4.57. The van der Waals surface area contributed by atoms with E-state index >= 15 is 0 Å². The van der Waals surface area contributed by atoms with Gasteiger partial charge in [-0.3, -0.25) is 9.79 Å². The summed E-state index contributed by atoms with van der Waals surface area (Å²) in [6, 6.07) is 0.779. The molecule has 1 fully saturated rings. The summed E-state index contributed by atoms with van der Waals surface area (Å²) in [7, 11) is 3.02. The summed E-state index contributed by atoms with van der Waals surface area (Å²) in [4.78, 5) is 21.4. The zero-order chi connectivity index (χ0) is 20.7. The Hall–Kier alpha value is -1.50. The van der Waals surface area contributed by atoms with Crippen molar-refractivity contribution >= 4 is 47.5 Å². The molecule has 0 radical (unpaired) electrons. The molecule has 1 N–H and O–H groups in total. The number of nitrogens with one attached hydrogen (secondary N) is 1. The van der Waals surface area contributed by atoms with Crippen LogP contribution in [0.3, 0.4) is 0 Å². The van der Waals surface area contributed by atoms with Crippen molar-refractivity contribution in [3.05, 3.63) is 22.8 Å². The van der Waals surface area contributed by atoms with Crippen LogP contribution in [0.4, 0.5) is 13.2 Å². The lowest BCUT2D eigenvalue weighted by atomic mass is 9.97. The predicted molar refractivity (Wildman–Crippen MR) is 113 cm³/mol. The average molecular weight is 551 g/mol. The van der Waals surface area contributed by atoms with Crippen molar-refractivity contribution in [1.29, 1.82) is 0 Å². The fraction of sp³-hybridized carbons (Fsp3) is 0.588. The highest BCUT2D eigenvalue weighted by molar-refractivity contribution is 14.0. The van der Waals surface area contributed by atoms with Crippen LogP contribution in [0.1, 0.15) is 18.4 Å². The molecule has 1 aliphatic rings. The fourth-order valence-electron chi connectivity index (χ4n) is 2.82. The quantitative estimate of drug-likeness (QED) is 0.200. The number of guanidine groups is 1. The van der Waals surface area contributed by atoms with Crippen LogP contribution in [-0.4, -0.2) is 62.2 Å². The van der Waals surface area contributed by atoms with Crippen molar-refractivity contribution in [2.45, 2.75) is 19.0 Å². The van der Waals surface area contributed by atoms with E-state index in [4.69, 9.17) is 21.1 Å². The molecule has 1 aliphatic heterocycles. The summed E-state index contributed by atoms with van der Waals surface area (Å²) in [6.07, 6.45) is -2.48. The Balaban J connectivity index is 0.00000420. The van der Waals surface area contributed by atoms with E-state index in [1.165, 1.54) is 7.11 Å². The SMILES string of the molecule is CN=C(NCCOc1ncc(C(F)(F)F)cc1Cl)N1CCC(C(=O)OC)CC1.I. The van der Waals surface area contributed by atoms with Crippen molar-refractivity contribution in [2.24, 2.45) is 10.9 Å². The lowest BCUT2D eigenvalue weighted by Crippen LogP contribution is -2.47. The number of piperidine rings is 1. The van der Waals surface area contributed by atoms with Gasteiger partial charge < -0.3 is 19.7 Å². The molecule has 29 heavy (non-hydrogen) atoms. The van der Waals surface area contributed by atoms with Gasteiger partial charge >= 0.3 is 12.1 Å². The molecule has 0 bridgehead atoms. The number of carbonyl (C=O) groups excluding carboxylic acids is 1. The molecule has 2 heterocycles. The zero-order valence-corrected chi connectivity index (χ0v) is 19.0. The molecule has 0 aromatic carbocycles. The molecule has 164 valence electrons. The highest BCUT2D eigenvalue weighted by Gasteiger charge is 2.32. The van der Waals surface area contributed by atoms with Crippen LogP contribution < -0.4 is 10.1 Å². The summed E-state index contributed by atoms with van der Waals surface area (Å²) in [5.41, 5.74) is -0.932. The van der Waals surface area contributed by atoms with Gasteiger partial charge in [0.1, 0.15) is 11.6 Å². The number of carbonyl (C=O) groups is 1. The molecule has 0 aliphatic carbocycles. The second-order valence-corrected chi connectivity index (χ2v) is 6.52. The summed E-state index contributed by atoms with van der Waals surface area (Å²) < 4.78 is 47.9. The van der Waals surface area contributed by atoms with Crippen LogP contribution >= 0.6 is 35.6 Å². The van der Waals surface area contributed by atoms with Crippen LogP contribution in [0.5, 0.6) is 5.88 Å². The first-order chi connectivity index (χ1) is 13.3. The smallest absolute Gasteiger partial charge is 0.417 e. The summed E-state index contributed by atoms with van der Waals surface area (Å²) in [5, 5.41) is 2.90. The van der Waals surface area contributed by atoms with Gasteiger partial charge in [-0.25, -0.2) is 4.98 Å². The molecule has 0 unspecified atom stereocenters. The van der Waals surface area contributed by atoms with E-state index < -0.39 is 11.7 Å². The second kappa shape index (κ2) is 11.6. The molecule has 0 saturated carbocycles. The highest BCUT2D eigenvalue weighted by atomic mass is 127. The first kappa shape index (κ1) is 25.5. The van der Waals surface area contributed by atoms with E-state index in [-0.39, 0.29) is 53.4 Å². The van der Waals surface area contributed by atoms with E-state index in [1.54, 1.807) is 7.05 Å². The number of methoxy groups -OCH3 is 1. The summed E-state index contributed by atoms with van der Waals surface area (Å²) in [5.74, 6) is 0.288. The highest BCUT2D eigenvalue weighted by Crippen LogP contribution is 2.33. The van der Waals surface area contributed by atoms with Crippen molar-refractivity contribution in [1.82, 2.24) is 15.2 Å². The third kappa shape index (κ3) is 7.36. The number of halogens is 5. The minimum absolute atomic E-state index is 0. The van der Waals surface area contributed by atoms with Crippen LogP contribution in [0, 0.1) is 5.92 Å². The topological polar surface area (TPSA) is 76.1 Å². The number of alkyl halides is 3. The minimum atomic E-state index is -4.51. The molecule has 1 saturated heterocycles. The van der Waals surface area contributed by atoms with Crippen LogP contribution in [0.2, 0.25) is 5.02 Å². The monoisotopic (exact) mass is 550 g/mol. The molecule has 1 aromatic rings. The van der Waals surface area contributed by atoms with Gasteiger partial charge in [0.25, 0.3) is 0 Å². The molecule has 0 amide bonds. The van der Waals surface area contributed by atoms with E-state index in [0.717, 1.165) is 6.07 Å². The second-order valence-electron chi connectivity index (χ2n) is 6.12. The number of aliphatic imine (C=N–C) groups is 1. The molecular weight excluding hydrogens is 528 g/mol. The molecule has 0 spiro atoms. The van der Waals surface area contributed by atoms with Gasteiger partial charge in [-0.2, -0.15) is 13.2 Å². The first-order valence-corrected chi connectivity index (χ1v) is 9.03. The fourth-order valence-corrected chi connectivity index (χ4v) is 3.04.